The van der Waals surface area contributed by atoms with Gasteiger partial charge in [-0.2, -0.15) is 13.2 Å². The molecule has 2 unspecified atom stereocenters. The van der Waals surface area contributed by atoms with E-state index in [0.717, 1.165) is 19.0 Å². The fourth-order valence-electron chi connectivity index (χ4n) is 2.34. The number of aromatic nitrogens is 1. The second-order valence-corrected chi connectivity index (χ2v) is 6.20. The molecule has 0 radical (unpaired) electrons. The number of nitrogens with one attached hydrogen (secondary N) is 1. The molecule has 1 saturated carbocycles. The minimum atomic E-state index is -4.46. The summed E-state index contributed by atoms with van der Waals surface area (Å²) in [5, 5.41) is 12.6. The molecule has 1 aromatic heterocycles. The molecule has 0 aliphatic heterocycles. The maximum atomic E-state index is 12.1. The normalized spacial score (nSPS) is 21.8. The van der Waals surface area contributed by atoms with Crippen LogP contribution in [-0.2, 0) is 0 Å². The van der Waals surface area contributed by atoms with Gasteiger partial charge in [-0.25, -0.2) is 4.98 Å². The van der Waals surface area contributed by atoms with Crippen molar-refractivity contribution in [1.29, 1.82) is 0 Å². The van der Waals surface area contributed by atoms with Crippen LogP contribution in [0.1, 0.15) is 36.0 Å². The van der Waals surface area contributed by atoms with Crippen molar-refractivity contribution < 1.29 is 27.8 Å². The molecule has 2 rings (SSSR count). The molecule has 23 heavy (non-hydrogen) atoms. The maximum Gasteiger partial charge on any atom is 0.422 e. The number of aliphatic hydroxyl groups excluding tert-OH is 1. The number of pyridine rings is 1. The van der Waals surface area contributed by atoms with Crippen molar-refractivity contribution in [1.82, 2.24) is 10.3 Å². The van der Waals surface area contributed by atoms with E-state index in [1.54, 1.807) is 0 Å². The first kappa shape index (κ1) is 18.0. The molecule has 2 N–H and O–H groups in total. The summed E-state index contributed by atoms with van der Waals surface area (Å²) >= 11 is 3.04. The number of nitrogens with zero attached hydrogens (tertiary/aromatic N) is 1. The third-order valence-corrected chi connectivity index (χ3v) is 4.06. The Kier molecular flexibility index (Phi) is 5.85. The number of amides is 1. The van der Waals surface area contributed by atoms with E-state index in [2.05, 4.69) is 31.0 Å². The van der Waals surface area contributed by atoms with Gasteiger partial charge in [0.25, 0.3) is 5.91 Å². The fraction of sp³-hybridized carbons (Fsp3) is 0.571. The number of alkyl halides is 3. The van der Waals surface area contributed by atoms with Gasteiger partial charge in [0, 0.05) is 6.20 Å². The molecule has 5 nitrogen and oxygen atoms in total. The first-order chi connectivity index (χ1) is 10.8. The second kappa shape index (κ2) is 7.48. The van der Waals surface area contributed by atoms with Gasteiger partial charge in [0.05, 0.1) is 22.2 Å². The lowest BCUT2D eigenvalue weighted by Gasteiger charge is -2.28. The van der Waals surface area contributed by atoms with Gasteiger partial charge in [0.2, 0.25) is 5.88 Å². The van der Waals surface area contributed by atoms with Crippen molar-refractivity contribution in [2.45, 2.75) is 44.0 Å². The molecule has 1 aliphatic rings. The summed E-state index contributed by atoms with van der Waals surface area (Å²) in [6.07, 6.45) is -0.737. The molecule has 0 saturated heterocycles. The highest BCUT2D eigenvalue weighted by Crippen LogP contribution is 2.26. The molecule has 1 heterocycles. The molecule has 1 amide bonds. The van der Waals surface area contributed by atoms with Crippen LogP contribution in [0.4, 0.5) is 13.2 Å². The number of halogens is 4. The van der Waals surface area contributed by atoms with Crippen molar-refractivity contribution in [3.63, 3.8) is 0 Å². The maximum absolute atomic E-state index is 12.1. The van der Waals surface area contributed by atoms with Crippen LogP contribution in [0.15, 0.2) is 16.7 Å². The Hall–Kier alpha value is -1.35. The Morgan fingerprint density at radius 2 is 2.13 bits per heavy atom. The second-order valence-electron chi connectivity index (χ2n) is 5.35. The van der Waals surface area contributed by atoms with E-state index in [1.165, 1.54) is 6.07 Å². The van der Waals surface area contributed by atoms with Crippen LogP contribution >= 0.6 is 15.9 Å². The van der Waals surface area contributed by atoms with Crippen LogP contribution < -0.4 is 10.1 Å². The van der Waals surface area contributed by atoms with Crippen LogP contribution in [0.3, 0.4) is 0 Å². The summed E-state index contributed by atoms with van der Waals surface area (Å²) in [5.41, 5.74) is 0.175. The number of ether oxygens (including phenoxy) is 1. The third-order valence-electron chi connectivity index (χ3n) is 3.49. The smallest absolute Gasteiger partial charge is 0.422 e. The van der Waals surface area contributed by atoms with Crippen molar-refractivity contribution in [2.24, 2.45) is 0 Å². The van der Waals surface area contributed by atoms with Crippen LogP contribution in [0.2, 0.25) is 0 Å². The van der Waals surface area contributed by atoms with Gasteiger partial charge in [-0.05, 0) is 34.8 Å². The zero-order chi connectivity index (χ0) is 17.0. The summed E-state index contributed by atoms with van der Waals surface area (Å²) < 4.78 is 41.1. The van der Waals surface area contributed by atoms with Gasteiger partial charge in [-0.15, -0.1) is 0 Å². The molecule has 9 heteroatoms. The van der Waals surface area contributed by atoms with Crippen LogP contribution in [0.5, 0.6) is 5.88 Å². The van der Waals surface area contributed by atoms with Crippen molar-refractivity contribution in [2.75, 3.05) is 6.61 Å². The number of hydrogen-bond donors (Lipinski definition) is 2. The summed E-state index contributed by atoms with van der Waals surface area (Å²) in [6, 6.07) is 1.01. The van der Waals surface area contributed by atoms with Gasteiger partial charge in [0.15, 0.2) is 6.61 Å². The van der Waals surface area contributed by atoms with Crippen molar-refractivity contribution in [3.8, 4) is 5.88 Å². The molecule has 0 spiro atoms. The van der Waals surface area contributed by atoms with E-state index >= 15 is 0 Å². The Balaban J connectivity index is 2.00. The minimum absolute atomic E-state index is 0.151. The molecule has 128 valence electrons. The van der Waals surface area contributed by atoms with E-state index in [4.69, 9.17) is 0 Å². The average Bonchev–Trinajstić information content (AvgIpc) is 2.47. The van der Waals surface area contributed by atoms with Gasteiger partial charge >= 0.3 is 6.18 Å². The van der Waals surface area contributed by atoms with Gasteiger partial charge < -0.3 is 15.2 Å². The summed E-state index contributed by atoms with van der Waals surface area (Å²) in [6.45, 7) is -1.46. The summed E-state index contributed by atoms with van der Waals surface area (Å²) in [5.74, 6) is -0.678. The molecular formula is C14H16BrF3N2O3. The summed E-state index contributed by atoms with van der Waals surface area (Å²) in [7, 11) is 0. The first-order valence-corrected chi connectivity index (χ1v) is 7.89. The van der Waals surface area contributed by atoms with Gasteiger partial charge in [0.1, 0.15) is 0 Å². The average molecular weight is 397 g/mol. The Morgan fingerprint density at radius 3 is 2.74 bits per heavy atom. The predicted molar refractivity (Wildman–Crippen MR) is 79.2 cm³/mol. The van der Waals surface area contributed by atoms with Gasteiger partial charge in [-0.3, -0.25) is 4.79 Å². The molecule has 1 aliphatic carbocycles. The number of hydrogen-bond acceptors (Lipinski definition) is 4. The highest BCUT2D eigenvalue weighted by atomic mass is 79.9. The topological polar surface area (TPSA) is 71.5 Å². The van der Waals surface area contributed by atoms with E-state index in [1.807, 2.05) is 0 Å². The quantitative estimate of drug-likeness (QED) is 0.820. The van der Waals surface area contributed by atoms with E-state index in [9.17, 15) is 23.1 Å². The standard InChI is InChI=1S/C14H16BrF3N2O3/c15-9-5-8(6-19-13(9)23-7-14(16,17)18)12(22)20-10-3-1-2-4-11(10)21/h5-6,10-11,21H,1-4,7H2,(H,20,22). The van der Waals surface area contributed by atoms with Crippen LogP contribution in [0.25, 0.3) is 0 Å². The fourth-order valence-corrected chi connectivity index (χ4v) is 2.80. The number of rotatable bonds is 4. The number of carbonyl (C=O) groups excluding carboxylic acids is 1. The van der Waals surface area contributed by atoms with Crippen molar-refractivity contribution >= 4 is 21.8 Å². The van der Waals surface area contributed by atoms with E-state index < -0.39 is 24.8 Å². The van der Waals surface area contributed by atoms with E-state index in [0.29, 0.717) is 12.8 Å². The summed E-state index contributed by atoms with van der Waals surface area (Å²) in [4.78, 5) is 15.9. The lowest BCUT2D eigenvalue weighted by molar-refractivity contribution is -0.154. The Bertz CT molecular complexity index is 569. The lowest BCUT2D eigenvalue weighted by Crippen LogP contribution is -2.45. The van der Waals surface area contributed by atoms with Crippen molar-refractivity contribution in [3.05, 3.63) is 22.3 Å². The molecule has 2 atom stereocenters. The Morgan fingerprint density at radius 1 is 1.43 bits per heavy atom. The molecular weight excluding hydrogens is 381 g/mol. The molecule has 1 aromatic rings. The van der Waals surface area contributed by atoms with Crippen LogP contribution in [0, 0.1) is 0 Å². The third kappa shape index (κ3) is 5.35. The predicted octanol–water partition coefficient (Wildman–Crippen LogP) is 2.82. The first-order valence-electron chi connectivity index (χ1n) is 7.10. The number of aliphatic hydroxyl groups is 1. The molecule has 1 fully saturated rings. The van der Waals surface area contributed by atoms with Crippen LogP contribution in [-0.4, -0.2) is 40.9 Å². The Labute approximate surface area is 139 Å². The highest BCUT2D eigenvalue weighted by Gasteiger charge is 2.29. The zero-order valence-electron chi connectivity index (χ0n) is 12.1. The van der Waals surface area contributed by atoms with Gasteiger partial charge in [-0.1, -0.05) is 12.8 Å². The number of carbonyl (C=O) groups is 1. The SMILES string of the molecule is O=C(NC1CCCCC1O)c1cnc(OCC(F)(F)F)c(Br)c1. The molecule has 0 bridgehead atoms. The zero-order valence-corrected chi connectivity index (χ0v) is 13.7. The molecule has 0 aromatic carbocycles. The van der Waals surface area contributed by atoms with E-state index in [-0.39, 0.29) is 22.0 Å². The largest absolute Gasteiger partial charge is 0.467 e. The lowest BCUT2D eigenvalue weighted by atomic mass is 9.92. The highest BCUT2D eigenvalue weighted by molar-refractivity contribution is 9.10. The minimum Gasteiger partial charge on any atom is -0.467 e. The monoisotopic (exact) mass is 396 g/mol.